The Labute approximate surface area is 137 Å². The second-order valence-electron chi connectivity index (χ2n) is 5.77. The molecule has 1 aliphatic rings. The first-order valence-corrected chi connectivity index (χ1v) is 8.02. The summed E-state index contributed by atoms with van der Waals surface area (Å²) in [7, 11) is 1.63. The van der Waals surface area contributed by atoms with Crippen molar-refractivity contribution in [2.24, 2.45) is 0 Å². The fraction of sp³-hybridized carbons (Fsp3) is 0.316. The lowest BCUT2D eigenvalue weighted by atomic mass is 10.0. The molecule has 1 N–H and O–H groups in total. The Hall–Kier alpha value is -2.33. The number of hydrogen-bond donors (Lipinski definition) is 1. The van der Waals surface area contributed by atoms with Gasteiger partial charge >= 0.3 is 0 Å². The minimum Gasteiger partial charge on any atom is -0.497 e. The summed E-state index contributed by atoms with van der Waals surface area (Å²) in [5.41, 5.74) is 1.83. The van der Waals surface area contributed by atoms with Crippen LogP contribution < -0.4 is 10.1 Å². The van der Waals surface area contributed by atoms with Gasteiger partial charge in [-0.1, -0.05) is 30.3 Å². The van der Waals surface area contributed by atoms with Crippen molar-refractivity contribution in [2.75, 3.05) is 25.5 Å². The lowest BCUT2D eigenvalue weighted by molar-refractivity contribution is -0.121. The van der Waals surface area contributed by atoms with Crippen molar-refractivity contribution < 1.29 is 9.53 Å². The third-order valence-corrected chi connectivity index (χ3v) is 4.23. The van der Waals surface area contributed by atoms with Crippen LogP contribution in [0.25, 0.3) is 0 Å². The zero-order chi connectivity index (χ0) is 16.1. The molecule has 1 fully saturated rings. The molecule has 0 aliphatic carbocycles. The van der Waals surface area contributed by atoms with Crippen LogP contribution in [0.5, 0.6) is 5.75 Å². The number of likely N-dealkylation sites (tertiary alicyclic amines) is 1. The van der Waals surface area contributed by atoms with Gasteiger partial charge in [0.05, 0.1) is 7.11 Å². The number of nitrogens with one attached hydrogen (secondary N) is 1. The third kappa shape index (κ3) is 3.71. The maximum atomic E-state index is 12.9. The van der Waals surface area contributed by atoms with Gasteiger partial charge in [0.1, 0.15) is 11.8 Å². The molecule has 0 unspecified atom stereocenters. The molecule has 1 amide bonds. The van der Waals surface area contributed by atoms with Crippen molar-refractivity contribution in [3.63, 3.8) is 0 Å². The lowest BCUT2D eigenvalue weighted by Crippen LogP contribution is -2.35. The molecule has 3 rings (SSSR count). The predicted octanol–water partition coefficient (Wildman–Crippen LogP) is 3.47. The van der Waals surface area contributed by atoms with Gasteiger partial charge in [-0.25, -0.2) is 0 Å². The summed E-state index contributed by atoms with van der Waals surface area (Å²) in [5, 5.41) is 3.03. The van der Waals surface area contributed by atoms with Gasteiger partial charge in [0, 0.05) is 5.69 Å². The van der Waals surface area contributed by atoms with Crippen molar-refractivity contribution in [1.82, 2.24) is 4.90 Å². The number of carbonyl (C=O) groups excluding carboxylic acids is 1. The van der Waals surface area contributed by atoms with Gasteiger partial charge in [-0.3, -0.25) is 9.69 Å². The SMILES string of the molecule is COc1ccc(NC(=O)[C@@H](c2ccccc2)N2CCCC2)cc1. The molecule has 0 aromatic heterocycles. The zero-order valence-corrected chi connectivity index (χ0v) is 13.4. The number of rotatable bonds is 5. The van der Waals surface area contributed by atoms with E-state index in [1.165, 1.54) is 0 Å². The Morgan fingerprint density at radius 3 is 2.30 bits per heavy atom. The van der Waals surface area contributed by atoms with Crippen LogP contribution in [-0.2, 0) is 4.79 Å². The van der Waals surface area contributed by atoms with Crippen LogP contribution >= 0.6 is 0 Å². The molecule has 1 saturated heterocycles. The number of carbonyl (C=O) groups is 1. The molecule has 0 bridgehead atoms. The fourth-order valence-corrected chi connectivity index (χ4v) is 3.05. The van der Waals surface area contributed by atoms with Gasteiger partial charge in [-0.05, 0) is 55.8 Å². The summed E-state index contributed by atoms with van der Waals surface area (Å²) in [6.45, 7) is 1.94. The molecule has 1 aliphatic heterocycles. The molecule has 4 heteroatoms. The van der Waals surface area contributed by atoms with E-state index in [1.807, 2.05) is 54.6 Å². The van der Waals surface area contributed by atoms with E-state index in [4.69, 9.17) is 4.74 Å². The number of nitrogens with zero attached hydrogens (tertiary/aromatic N) is 1. The standard InChI is InChI=1S/C19H22N2O2/c1-23-17-11-9-16(10-12-17)20-19(22)18(21-13-5-6-14-21)15-7-3-2-4-8-15/h2-4,7-12,18H,5-6,13-14H2,1H3,(H,20,22)/t18-/m1/s1. The number of methoxy groups -OCH3 is 1. The Balaban J connectivity index is 1.79. The van der Waals surface area contributed by atoms with Crippen molar-refractivity contribution in [2.45, 2.75) is 18.9 Å². The van der Waals surface area contributed by atoms with Crippen molar-refractivity contribution >= 4 is 11.6 Å². The minimum absolute atomic E-state index is 0.0169. The van der Waals surface area contributed by atoms with Crippen LogP contribution in [0.3, 0.4) is 0 Å². The molecular formula is C19H22N2O2. The number of benzene rings is 2. The second kappa shape index (κ2) is 7.29. The van der Waals surface area contributed by atoms with E-state index in [-0.39, 0.29) is 11.9 Å². The molecule has 2 aromatic carbocycles. The average molecular weight is 310 g/mol. The Morgan fingerprint density at radius 1 is 1.04 bits per heavy atom. The average Bonchev–Trinajstić information content (AvgIpc) is 3.11. The highest BCUT2D eigenvalue weighted by molar-refractivity contribution is 5.95. The number of ether oxygens (including phenoxy) is 1. The molecule has 0 spiro atoms. The van der Waals surface area contributed by atoms with Crippen LogP contribution in [0.1, 0.15) is 24.4 Å². The topological polar surface area (TPSA) is 41.6 Å². The van der Waals surface area contributed by atoms with E-state index in [9.17, 15) is 4.79 Å². The summed E-state index contributed by atoms with van der Waals surface area (Å²) in [6.07, 6.45) is 2.30. The van der Waals surface area contributed by atoms with Crippen LogP contribution in [0.2, 0.25) is 0 Å². The van der Waals surface area contributed by atoms with E-state index in [1.54, 1.807) is 7.11 Å². The molecule has 2 aromatic rings. The van der Waals surface area contributed by atoms with Gasteiger partial charge in [0.2, 0.25) is 5.91 Å². The maximum Gasteiger partial charge on any atom is 0.246 e. The van der Waals surface area contributed by atoms with Crippen LogP contribution in [0, 0.1) is 0 Å². The van der Waals surface area contributed by atoms with Crippen LogP contribution in [-0.4, -0.2) is 31.0 Å². The Morgan fingerprint density at radius 2 is 1.70 bits per heavy atom. The first kappa shape index (κ1) is 15.6. The van der Waals surface area contributed by atoms with Gasteiger partial charge < -0.3 is 10.1 Å². The Kier molecular flexibility index (Phi) is 4.93. The smallest absolute Gasteiger partial charge is 0.246 e. The van der Waals surface area contributed by atoms with Crippen LogP contribution in [0.4, 0.5) is 5.69 Å². The van der Waals surface area contributed by atoms with E-state index in [2.05, 4.69) is 10.2 Å². The third-order valence-electron chi connectivity index (χ3n) is 4.23. The Bertz CT molecular complexity index is 634. The minimum atomic E-state index is -0.235. The molecule has 0 saturated carbocycles. The molecule has 23 heavy (non-hydrogen) atoms. The lowest BCUT2D eigenvalue weighted by Gasteiger charge is -2.27. The summed E-state index contributed by atoms with van der Waals surface area (Å²) in [5.74, 6) is 0.797. The molecule has 1 atom stereocenters. The molecule has 1 heterocycles. The highest BCUT2D eigenvalue weighted by atomic mass is 16.5. The van der Waals surface area contributed by atoms with E-state index < -0.39 is 0 Å². The van der Waals surface area contributed by atoms with E-state index in [0.717, 1.165) is 42.9 Å². The van der Waals surface area contributed by atoms with Crippen molar-refractivity contribution in [1.29, 1.82) is 0 Å². The monoisotopic (exact) mass is 310 g/mol. The number of hydrogen-bond acceptors (Lipinski definition) is 3. The summed E-state index contributed by atoms with van der Waals surface area (Å²) >= 11 is 0. The highest BCUT2D eigenvalue weighted by Crippen LogP contribution is 2.27. The van der Waals surface area contributed by atoms with Gasteiger partial charge in [0.25, 0.3) is 0 Å². The van der Waals surface area contributed by atoms with Gasteiger partial charge in [-0.15, -0.1) is 0 Å². The molecule has 4 nitrogen and oxygen atoms in total. The number of amides is 1. The fourth-order valence-electron chi connectivity index (χ4n) is 3.05. The zero-order valence-electron chi connectivity index (χ0n) is 13.4. The molecule has 120 valence electrons. The molecular weight excluding hydrogens is 288 g/mol. The van der Waals surface area contributed by atoms with E-state index >= 15 is 0 Å². The second-order valence-corrected chi connectivity index (χ2v) is 5.77. The van der Waals surface area contributed by atoms with E-state index in [0.29, 0.717) is 0 Å². The van der Waals surface area contributed by atoms with Crippen LogP contribution in [0.15, 0.2) is 54.6 Å². The predicted molar refractivity (Wildman–Crippen MR) is 91.6 cm³/mol. The quantitative estimate of drug-likeness (QED) is 0.919. The van der Waals surface area contributed by atoms with Crippen molar-refractivity contribution in [3.05, 3.63) is 60.2 Å². The summed E-state index contributed by atoms with van der Waals surface area (Å²) in [6, 6.07) is 17.2. The first-order valence-electron chi connectivity index (χ1n) is 8.02. The summed E-state index contributed by atoms with van der Waals surface area (Å²) < 4.78 is 5.15. The normalized spacial score (nSPS) is 16.0. The largest absolute Gasteiger partial charge is 0.497 e. The summed E-state index contributed by atoms with van der Waals surface area (Å²) in [4.78, 5) is 15.1. The molecule has 0 radical (unpaired) electrons. The maximum absolute atomic E-state index is 12.9. The highest BCUT2D eigenvalue weighted by Gasteiger charge is 2.29. The first-order chi connectivity index (χ1) is 11.3. The number of anilines is 1. The van der Waals surface area contributed by atoms with Crippen molar-refractivity contribution in [3.8, 4) is 5.75 Å². The van der Waals surface area contributed by atoms with Gasteiger partial charge in [0.15, 0.2) is 0 Å². The van der Waals surface area contributed by atoms with Gasteiger partial charge in [-0.2, -0.15) is 0 Å².